The number of ether oxygens (including phenoxy) is 4. The summed E-state index contributed by atoms with van der Waals surface area (Å²) in [6.45, 7) is 5.16. The molecule has 0 aliphatic carbocycles. The minimum Gasteiger partial charge on any atom is -0.493 e. The molecule has 0 atom stereocenters. The number of aromatic amines is 1. The Balaban J connectivity index is 1.95. The number of aromatic nitrogens is 2. The van der Waals surface area contributed by atoms with Gasteiger partial charge in [-0.05, 0) is 18.3 Å². The smallest absolute Gasteiger partial charge is 0.262 e. The Morgan fingerprint density at radius 1 is 1.19 bits per heavy atom. The lowest BCUT2D eigenvalue weighted by Gasteiger charge is -2.23. The predicted molar refractivity (Wildman–Crippen MR) is 104 cm³/mol. The molecular formula is C18H26N3O5S+. The first-order valence-electron chi connectivity index (χ1n) is 8.97. The zero-order valence-corrected chi connectivity index (χ0v) is 16.7. The van der Waals surface area contributed by atoms with Crippen LogP contribution in [0.5, 0.6) is 17.2 Å². The molecule has 2 aromatic rings. The molecule has 0 bridgehead atoms. The largest absolute Gasteiger partial charge is 0.493 e. The summed E-state index contributed by atoms with van der Waals surface area (Å²) in [7, 11) is 4.57. The van der Waals surface area contributed by atoms with Crippen LogP contribution < -0.4 is 24.7 Å². The molecule has 0 amide bonds. The van der Waals surface area contributed by atoms with Crippen molar-refractivity contribution in [3.8, 4) is 17.2 Å². The van der Waals surface area contributed by atoms with E-state index in [0.29, 0.717) is 39.5 Å². The standard InChI is InChI=1S/C18H25N3O5S/c1-23-13-11-12-14(16(25-3)15(13)24-2)19-18(27)21(17(12)22)6-4-5-20-7-9-26-10-8-20/h11H,4-10H2,1-3H3,(H,19,27)/p+1. The van der Waals surface area contributed by atoms with Gasteiger partial charge in [0.2, 0.25) is 5.75 Å². The molecule has 0 radical (unpaired) electrons. The second kappa shape index (κ2) is 8.73. The number of morpholine rings is 1. The first-order chi connectivity index (χ1) is 13.1. The van der Waals surface area contributed by atoms with E-state index in [4.69, 9.17) is 31.2 Å². The Morgan fingerprint density at radius 2 is 1.89 bits per heavy atom. The molecule has 2 N–H and O–H groups in total. The molecule has 1 saturated heterocycles. The fourth-order valence-electron chi connectivity index (χ4n) is 3.46. The van der Waals surface area contributed by atoms with Crippen LogP contribution in [0.4, 0.5) is 0 Å². The Kier molecular flexibility index (Phi) is 6.35. The molecule has 0 unspecified atom stereocenters. The molecule has 8 nitrogen and oxygen atoms in total. The Labute approximate surface area is 162 Å². The number of nitrogens with one attached hydrogen (secondary N) is 2. The van der Waals surface area contributed by atoms with Crippen LogP contribution in [-0.4, -0.2) is 63.7 Å². The lowest BCUT2D eigenvalue weighted by molar-refractivity contribution is -0.908. The molecule has 0 spiro atoms. The zero-order valence-electron chi connectivity index (χ0n) is 15.9. The van der Waals surface area contributed by atoms with E-state index < -0.39 is 0 Å². The van der Waals surface area contributed by atoms with Crippen LogP contribution in [-0.2, 0) is 11.3 Å². The lowest BCUT2D eigenvalue weighted by atomic mass is 10.2. The summed E-state index contributed by atoms with van der Waals surface area (Å²) in [5, 5.41) is 0.455. The van der Waals surface area contributed by atoms with E-state index in [0.717, 1.165) is 39.3 Å². The van der Waals surface area contributed by atoms with Gasteiger partial charge in [-0.1, -0.05) is 0 Å². The van der Waals surface area contributed by atoms with Gasteiger partial charge >= 0.3 is 0 Å². The molecule has 1 aliphatic heterocycles. The second-order valence-electron chi connectivity index (χ2n) is 6.42. The van der Waals surface area contributed by atoms with Crippen LogP contribution in [0, 0.1) is 4.77 Å². The maximum atomic E-state index is 13.1. The van der Waals surface area contributed by atoms with E-state index in [-0.39, 0.29) is 5.56 Å². The monoisotopic (exact) mass is 396 g/mol. The van der Waals surface area contributed by atoms with Gasteiger partial charge in [-0.2, -0.15) is 0 Å². The summed E-state index contributed by atoms with van der Waals surface area (Å²) in [6, 6.07) is 1.66. The number of fused-ring (bicyclic) bond motifs is 1. The molecular weight excluding hydrogens is 370 g/mol. The van der Waals surface area contributed by atoms with Gasteiger partial charge in [-0.25, -0.2) is 0 Å². The molecule has 1 aromatic heterocycles. The summed E-state index contributed by atoms with van der Waals surface area (Å²) >= 11 is 5.44. The molecule has 1 aromatic carbocycles. The third-order valence-electron chi connectivity index (χ3n) is 4.89. The van der Waals surface area contributed by atoms with Gasteiger partial charge in [-0.15, -0.1) is 0 Å². The van der Waals surface area contributed by atoms with Crippen molar-refractivity contribution in [3.05, 3.63) is 21.2 Å². The Hall–Kier alpha value is -2.10. The first-order valence-corrected chi connectivity index (χ1v) is 9.38. The topological polar surface area (TPSA) is 79.2 Å². The maximum Gasteiger partial charge on any atom is 0.262 e. The van der Waals surface area contributed by atoms with Crippen molar-refractivity contribution in [3.63, 3.8) is 0 Å². The van der Waals surface area contributed by atoms with Gasteiger partial charge in [0.25, 0.3) is 5.56 Å². The number of quaternary nitrogens is 1. The number of hydrogen-bond donors (Lipinski definition) is 2. The molecule has 3 rings (SSSR count). The van der Waals surface area contributed by atoms with Gasteiger partial charge < -0.3 is 28.8 Å². The van der Waals surface area contributed by atoms with Crippen LogP contribution >= 0.6 is 12.2 Å². The van der Waals surface area contributed by atoms with Crippen molar-refractivity contribution in [2.45, 2.75) is 13.0 Å². The molecule has 27 heavy (non-hydrogen) atoms. The van der Waals surface area contributed by atoms with Crippen molar-refractivity contribution in [1.29, 1.82) is 0 Å². The fourth-order valence-corrected chi connectivity index (χ4v) is 3.74. The van der Waals surface area contributed by atoms with E-state index in [1.807, 2.05) is 0 Å². The van der Waals surface area contributed by atoms with E-state index >= 15 is 0 Å². The van der Waals surface area contributed by atoms with Gasteiger partial charge in [0.1, 0.15) is 18.6 Å². The summed E-state index contributed by atoms with van der Waals surface area (Å²) in [4.78, 5) is 17.7. The third kappa shape index (κ3) is 3.95. The van der Waals surface area contributed by atoms with Crippen LogP contribution in [0.3, 0.4) is 0 Å². The van der Waals surface area contributed by atoms with Crippen molar-refractivity contribution in [2.24, 2.45) is 0 Å². The van der Waals surface area contributed by atoms with Crippen molar-refractivity contribution >= 4 is 23.1 Å². The molecule has 1 fully saturated rings. The molecule has 9 heteroatoms. The van der Waals surface area contributed by atoms with E-state index in [1.54, 1.807) is 10.6 Å². The van der Waals surface area contributed by atoms with Crippen LogP contribution in [0.15, 0.2) is 10.9 Å². The second-order valence-corrected chi connectivity index (χ2v) is 6.81. The average molecular weight is 396 g/mol. The van der Waals surface area contributed by atoms with Gasteiger partial charge in [0.15, 0.2) is 16.3 Å². The van der Waals surface area contributed by atoms with Crippen molar-refractivity contribution < 1.29 is 23.8 Å². The fraction of sp³-hybridized carbons (Fsp3) is 0.556. The Morgan fingerprint density at radius 3 is 2.52 bits per heavy atom. The summed E-state index contributed by atoms with van der Waals surface area (Å²) in [6.07, 6.45) is 0.864. The predicted octanol–water partition coefficient (Wildman–Crippen LogP) is 0.390. The minimum atomic E-state index is -0.162. The van der Waals surface area contributed by atoms with Gasteiger partial charge in [0.05, 0.1) is 46.5 Å². The van der Waals surface area contributed by atoms with Crippen LogP contribution in [0.25, 0.3) is 10.9 Å². The highest BCUT2D eigenvalue weighted by atomic mass is 32.1. The summed E-state index contributed by atoms with van der Waals surface area (Å²) in [5.41, 5.74) is 0.352. The quantitative estimate of drug-likeness (QED) is 0.660. The third-order valence-corrected chi connectivity index (χ3v) is 5.22. The summed E-state index contributed by atoms with van der Waals surface area (Å²) < 4.78 is 23.6. The number of rotatable bonds is 7. The van der Waals surface area contributed by atoms with E-state index in [1.165, 1.54) is 26.2 Å². The minimum absolute atomic E-state index is 0.162. The highest BCUT2D eigenvalue weighted by Crippen LogP contribution is 2.41. The van der Waals surface area contributed by atoms with E-state index in [2.05, 4.69) is 4.98 Å². The van der Waals surface area contributed by atoms with E-state index in [9.17, 15) is 4.79 Å². The Bertz CT molecular complexity index is 918. The van der Waals surface area contributed by atoms with Gasteiger partial charge in [0, 0.05) is 13.0 Å². The van der Waals surface area contributed by atoms with Crippen molar-refractivity contribution in [1.82, 2.24) is 9.55 Å². The molecule has 148 valence electrons. The number of nitrogens with zero attached hydrogens (tertiary/aromatic N) is 1. The normalized spacial score (nSPS) is 15.1. The number of H-pyrrole nitrogens is 1. The first kappa shape index (κ1) is 19.7. The maximum absolute atomic E-state index is 13.1. The number of methoxy groups -OCH3 is 3. The molecule has 1 aliphatic rings. The lowest BCUT2D eigenvalue weighted by Crippen LogP contribution is -3.14. The van der Waals surface area contributed by atoms with Crippen LogP contribution in [0.2, 0.25) is 0 Å². The molecule has 0 saturated carbocycles. The van der Waals surface area contributed by atoms with Gasteiger partial charge in [-0.3, -0.25) is 9.36 Å². The molecule has 2 heterocycles. The van der Waals surface area contributed by atoms with Crippen LogP contribution in [0.1, 0.15) is 6.42 Å². The SMILES string of the molecule is COc1cc2c(=O)n(CCC[NH+]3CCOCC3)c(=S)[nH]c2c(OC)c1OC. The highest BCUT2D eigenvalue weighted by molar-refractivity contribution is 7.71. The number of benzene rings is 1. The average Bonchev–Trinajstić information content (AvgIpc) is 2.69. The number of hydrogen-bond acceptors (Lipinski definition) is 6. The van der Waals surface area contributed by atoms with Crippen molar-refractivity contribution in [2.75, 3.05) is 54.2 Å². The summed E-state index contributed by atoms with van der Waals surface area (Å²) in [5.74, 6) is 1.26. The zero-order chi connectivity index (χ0) is 19.4. The highest BCUT2D eigenvalue weighted by Gasteiger charge is 2.20.